The summed E-state index contributed by atoms with van der Waals surface area (Å²) in [5, 5.41) is 6.94. The lowest BCUT2D eigenvalue weighted by Gasteiger charge is -2.12. The Morgan fingerprint density at radius 1 is 0.368 bits per heavy atom. The summed E-state index contributed by atoms with van der Waals surface area (Å²) in [6.07, 6.45) is 0. The third kappa shape index (κ3) is 4.81. The summed E-state index contributed by atoms with van der Waals surface area (Å²) in [4.78, 5) is 15.0. The normalized spacial score (nSPS) is 11.9. The largest absolute Gasteiger partial charge is 0.454 e. The van der Waals surface area contributed by atoms with E-state index in [1.165, 1.54) is 21.5 Å². The molecule has 8 aromatic carbocycles. The molecule has 4 aromatic heterocycles. The number of nitrogens with zero attached hydrogens (tertiary/aromatic N) is 5. The van der Waals surface area contributed by atoms with Gasteiger partial charge in [0.1, 0.15) is 5.58 Å². The van der Waals surface area contributed by atoms with E-state index in [4.69, 9.17) is 19.4 Å². The molecule has 12 aromatic rings. The van der Waals surface area contributed by atoms with Gasteiger partial charge in [0.15, 0.2) is 23.1 Å². The average molecular weight is 730 g/mol. The quantitative estimate of drug-likeness (QED) is 0.177. The standard InChI is InChI=1S/C51H31N5O/c1-3-15-32(16-4-1)49-52-50(33-17-5-2-6-18-33)54-51(53-49)34-19-13-20-35(31-34)55-42-26-11-8-23-40(42)46-43(55)30-29-38-36-21-7-10-25-41(36)56(47(38)46)44-27-14-24-39-37-22-9-12-28-45(37)57-48(39)44/h1-31H. The van der Waals surface area contributed by atoms with Crippen LogP contribution in [0, 0.1) is 0 Å². The predicted molar refractivity (Wildman–Crippen MR) is 232 cm³/mol. The minimum atomic E-state index is 0.617. The molecule has 0 fully saturated rings. The van der Waals surface area contributed by atoms with Gasteiger partial charge in [-0.15, -0.1) is 0 Å². The van der Waals surface area contributed by atoms with Crippen LogP contribution in [0.3, 0.4) is 0 Å². The van der Waals surface area contributed by atoms with Crippen molar-refractivity contribution in [1.82, 2.24) is 24.1 Å². The van der Waals surface area contributed by atoms with Crippen molar-refractivity contribution in [1.29, 1.82) is 0 Å². The fraction of sp³-hybridized carbons (Fsp3) is 0. The van der Waals surface area contributed by atoms with Gasteiger partial charge in [0.25, 0.3) is 0 Å². The van der Waals surface area contributed by atoms with Crippen molar-refractivity contribution in [2.75, 3.05) is 0 Å². The molecule has 0 bridgehead atoms. The van der Waals surface area contributed by atoms with E-state index in [1.807, 2.05) is 72.8 Å². The molecule has 0 aliphatic rings. The van der Waals surface area contributed by atoms with Crippen molar-refractivity contribution in [3.8, 4) is 45.5 Å². The zero-order valence-corrected chi connectivity index (χ0v) is 30.5. The van der Waals surface area contributed by atoms with Gasteiger partial charge in [-0.3, -0.25) is 0 Å². The van der Waals surface area contributed by atoms with Crippen LogP contribution in [0.5, 0.6) is 0 Å². The minimum Gasteiger partial charge on any atom is -0.454 e. The van der Waals surface area contributed by atoms with Crippen LogP contribution in [0.4, 0.5) is 0 Å². The van der Waals surface area contributed by atoms with Crippen LogP contribution in [0.15, 0.2) is 192 Å². The summed E-state index contributed by atoms with van der Waals surface area (Å²) in [7, 11) is 0. The summed E-state index contributed by atoms with van der Waals surface area (Å²) in [5.41, 5.74) is 11.1. The average Bonchev–Trinajstić information content (AvgIpc) is 3.95. The lowest BCUT2D eigenvalue weighted by atomic mass is 10.1. The fourth-order valence-electron chi connectivity index (χ4n) is 8.67. The minimum absolute atomic E-state index is 0.617. The van der Waals surface area contributed by atoms with Crippen molar-refractivity contribution in [3.05, 3.63) is 188 Å². The predicted octanol–water partition coefficient (Wildman–Crippen LogP) is 13.0. The van der Waals surface area contributed by atoms with Crippen LogP contribution in [0.1, 0.15) is 0 Å². The number of hydrogen-bond donors (Lipinski definition) is 0. The van der Waals surface area contributed by atoms with Gasteiger partial charge < -0.3 is 13.6 Å². The number of rotatable bonds is 5. The molecule has 4 heterocycles. The van der Waals surface area contributed by atoms with Crippen LogP contribution in [0.2, 0.25) is 0 Å². The van der Waals surface area contributed by atoms with Crippen molar-refractivity contribution >= 4 is 65.6 Å². The maximum Gasteiger partial charge on any atom is 0.164 e. The van der Waals surface area contributed by atoms with Gasteiger partial charge >= 0.3 is 0 Å². The highest BCUT2D eigenvalue weighted by molar-refractivity contribution is 6.26. The Morgan fingerprint density at radius 2 is 0.930 bits per heavy atom. The van der Waals surface area contributed by atoms with Gasteiger partial charge in [-0.05, 0) is 42.5 Å². The second kappa shape index (κ2) is 12.3. The van der Waals surface area contributed by atoms with Crippen LogP contribution >= 0.6 is 0 Å². The SMILES string of the molecule is c1ccc(-c2nc(-c3ccccc3)nc(-c3cccc(-n4c5ccccc5c5c4ccc4c6ccccc6n(-c6cccc7c6oc6ccccc67)c45)c3)n2)cc1. The lowest BCUT2D eigenvalue weighted by molar-refractivity contribution is 0.666. The Kier molecular flexibility index (Phi) is 6.83. The van der Waals surface area contributed by atoms with Gasteiger partial charge in [0.05, 0.1) is 27.8 Å². The molecule has 12 rings (SSSR count). The Bertz CT molecular complexity index is 3470. The van der Waals surface area contributed by atoms with Crippen LogP contribution in [-0.2, 0) is 0 Å². The van der Waals surface area contributed by atoms with Crippen molar-refractivity contribution in [2.24, 2.45) is 0 Å². The summed E-state index contributed by atoms with van der Waals surface area (Å²) in [6.45, 7) is 0. The molecule has 6 heteroatoms. The van der Waals surface area contributed by atoms with Gasteiger partial charge in [-0.25, -0.2) is 15.0 Å². The summed E-state index contributed by atoms with van der Waals surface area (Å²) < 4.78 is 11.4. The molecule has 0 N–H and O–H groups in total. The first-order valence-corrected chi connectivity index (χ1v) is 19.1. The van der Waals surface area contributed by atoms with E-state index in [1.54, 1.807) is 0 Å². The number of hydrogen-bond acceptors (Lipinski definition) is 4. The Hall–Kier alpha value is -7.83. The molecule has 0 aliphatic carbocycles. The molecule has 0 spiro atoms. The molecule has 0 saturated heterocycles. The maximum absolute atomic E-state index is 6.67. The summed E-state index contributed by atoms with van der Waals surface area (Å²) >= 11 is 0. The van der Waals surface area contributed by atoms with E-state index in [0.29, 0.717) is 17.5 Å². The van der Waals surface area contributed by atoms with Crippen molar-refractivity contribution < 1.29 is 4.42 Å². The number of para-hydroxylation sites is 4. The highest BCUT2D eigenvalue weighted by atomic mass is 16.3. The van der Waals surface area contributed by atoms with E-state index in [2.05, 4.69) is 124 Å². The Balaban J connectivity index is 1.12. The molecule has 0 radical (unpaired) electrons. The second-order valence-corrected chi connectivity index (χ2v) is 14.4. The monoisotopic (exact) mass is 729 g/mol. The third-order valence-electron chi connectivity index (χ3n) is 11.2. The molecular weight excluding hydrogens is 699 g/mol. The van der Waals surface area contributed by atoms with Crippen LogP contribution in [-0.4, -0.2) is 24.1 Å². The maximum atomic E-state index is 6.67. The lowest BCUT2D eigenvalue weighted by Crippen LogP contribution is -2.01. The molecule has 0 aliphatic heterocycles. The first-order chi connectivity index (χ1) is 28.3. The molecule has 6 nitrogen and oxygen atoms in total. The molecule has 0 atom stereocenters. The van der Waals surface area contributed by atoms with Gasteiger partial charge in [-0.1, -0.05) is 146 Å². The van der Waals surface area contributed by atoms with E-state index >= 15 is 0 Å². The first-order valence-electron chi connectivity index (χ1n) is 19.1. The summed E-state index contributed by atoms with van der Waals surface area (Å²) in [6, 6.07) is 65.5. The Morgan fingerprint density at radius 3 is 1.67 bits per heavy atom. The number of fused-ring (bicyclic) bond motifs is 10. The smallest absolute Gasteiger partial charge is 0.164 e. The zero-order valence-electron chi connectivity index (χ0n) is 30.5. The highest BCUT2D eigenvalue weighted by Gasteiger charge is 2.23. The first kappa shape index (κ1) is 31.5. The number of furan rings is 1. The second-order valence-electron chi connectivity index (χ2n) is 14.4. The summed E-state index contributed by atoms with van der Waals surface area (Å²) in [5.74, 6) is 1.89. The molecule has 0 unspecified atom stereocenters. The third-order valence-corrected chi connectivity index (χ3v) is 11.2. The van der Waals surface area contributed by atoms with Crippen LogP contribution in [0.25, 0.3) is 111 Å². The Labute approximate surface area is 326 Å². The van der Waals surface area contributed by atoms with E-state index in [9.17, 15) is 0 Å². The van der Waals surface area contributed by atoms with Gasteiger partial charge in [0.2, 0.25) is 0 Å². The van der Waals surface area contributed by atoms with E-state index in [-0.39, 0.29) is 0 Å². The molecular formula is C51H31N5O. The van der Waals surface area contributed by atoms with Crippen molar-refractivity contribution in [2.45, 2.75) is 0 Å². The van der Waals surface area contributed by atoms with Crippen molar-refractivity contribution in [3.63, 3.8) is 0 Å². The number of aromatic nitrogens is 5. The topological polar surface area (TPSA) is 61.7 Å². The zero-order chi connectivity index (χ0) is 37.5. The van der Waals surface area contributed by atoms with Gasteiger partial charge in [-0.2, -0.15) is 0 Å². The molecule has 266 valence electrons. The molecule has 57 heavy (non-hydrogen) atoms. The van der Waals surface area contributed by atoms with Crippen LogP contribution < -0.4 is 0 Å². The fourth-order valence-corrected chi connectivity index (χ4v) is 8.67. The molecule has 0 saturated carbocycles. The number of benzene rings is 8. The van der Waals surface area contributed by atoms with E-state index < -0.39 is 0 Å². The van der Waals surface area contributed by atoms with Gasteiger partial charge in [0, 0.05) is 54.7 Å². The molecule has 0 amide bonds. The van der Waals surface area contributed by atoms with E-state index in [0.717, 1.165) is 72.1 Å². The highest BCUT2D eigenvalue weighted by Crippen LogP contribution is 2.44.